The van der Waals surface area contributed by atoms with Crippen LogP contribution in [0.4, 0.5) is 5.69 Å². The molecule has 0 N–H and O–H groups in total. The van der Waals surface area contributed by atoms with Crippen LogP contribution in [0, 0.1) is 6.92 Å². The number of carbonyl (C=O) groups excluding carboxylic acids is 1. The average Bonchev–Trinajstić information content (AvgIpc) is 3.23. The summed E-state index contributed by atoms with van der Waals surface area (Å²) in [7, 11) is 3.49. The van der Waals surface area contributed by atoms with Gasteiger partial charge in [-0.15, -0.1) is 10.2 Å². The van der Waals surface area contributed by atoms with Gasteiger partial charge in [0.25, 0.3) is 0 Å². The number of hydrogen-bond donors (Lipinski definition) is 0. The second-order valence-electron chi connectivity index (χ2n) is 8.32. The second kappa shape index (κ2) is 10.7. The molecule has 174 valence electrons. The third-order valence-electron chi connectivity index (χ3n) is 5.95. The van der Waals surface area contributed by atoms with Crippen molar-refractivity contribution in [3.63, 3.8) is 0 Å². The van der Waals surface area contributed by atoms with Crippen LogP contribution in [0.25, 0.3) is 5.69 Å². The predicted molar refractivity (Wildman–Crippen MR) is 132 cm³/mol. The molecule has 8 heteroatoms. The molecule has 1 fully saturated rings. The Hall–Kier alpha value is -3.00. The summed E-state index contributed by atoms with van der Waals surface area (Å²) < 4.78 is 7.20. The molecule has 1 aromatic heterocycles. The van der Waals surface area contributed by atoms with Crippen LogP contribution in [0.2, 0.25) is 0 Å². The van der Waals surface area contributed by atoms with E-state index in [4.69, 9.17) is 4.74 Å². The summed E-state index contributed by atoms with van der Waals surface area (Å²) >= 11 is 1.40. The van der Waals surface area contributed by atoms with Crippen LogP contribution in [-0.4, -0.2) is 58.6 Å². The molecule has 0 saturated carbocycles. The zero-order valence-electron chi connectivity index (χ0n) is 19.5. The zero-order valence-corrected chi connectivity index (χ0v) is 20.3. The third-order valence-corrected chi connectivity index (χ3v) is 6.87. The van der Waals surface area contributed by atoms with E-state index in [9.17, 15) is 4.79 Å². The number of methoxy groups -OCH3 is 1. The highest BCUT2D eigenvalue weighted by Crippen LogP contribution is 2.24. The minimum atomic E-state index is 0.0574. The topological polar surface area (TPSA) is 63.5 Å². The van der Waals surface area contributed by atoms with Gasteiger partial charge in [-0.1, -0.05) is 23.9 Å². The Morgan fingerprint density at radius 1 is 1.00 bits per heavy atom. The van der Waals surface area contributed by atoms with Crippen LogP contribution in [-0.2, 0) is 11.3 Å². The number of carbonyl (C=O) groups is 1. The number of ether oxygens (including phenoxy) is 1. The van der Waals surface area contributed by atoms with Gasteiger partial charge in [-0.3, -0.25) is 9.36 Å². The summed E-state index contributed by atoms with van der Waals surface area (Å²) in [6.07, 6.45) is 3.86. The molecule has 0 unspecified atom stereocenters. The lowest BCUT2D eigenvalue weighted by molar-refractivity contribution is -0.127. The van der Waals surface area contributed by atoms with Crippen molar-refractivity contribution in [1.82, 2.24) is 19.7 Å². The summed E-state index contributed by atoms with van der Waals surface area (Å²) in [5.74, 6) is 1.93. The molecule has 0 bridgehead atoms. The number of aryl methyl sites for hydroxylation is 1. The van der Waals surface area contributed by atoms with Gasteiger partial charge in [-0.25, -0.2) is 0 Å². The largest absolute Gasteiger partial charge is 0.497 e. The van der Waals surface area contributed by atoms with Gasteiger partial charge in [0.2, 0.25) is 5.91 Å². The number of nitrogens with zero attached hydrogens (tertiary/aromatic N) is 5. The fraction of sp³-hybridized carbons (Fsp3) is 0.400. The van der Waals surface area contributed by atoms with E-state index in [0.29, 0.717) is 17.5 Å². The normalized spacial score (nSPS) is 13.7. The molecule has 2 heterocycles. The molecule has 2 aromatic carbocycles. The molecule has 4 rings (SSSR count). The van der Waals surface area contributed by atoms with Gasteiger partial charge in [0.1, 0.15) is 11.6 Å². The standard InChI is InChI=1S/C25H31N5O2S/c1-19-26-27-25(30(19)22-11-13-23(32-3)14-12-22)33-18-24(31)28(2)17-20-7-9-21(10-8-20)29-15-5-4-6-16-29/h7-14H,4-6,15-18H2,1-3H3. The Bertz CT molecular complexity index is 1060. The van der Waals surface area contributed by atoms with Crippen molar-refractivity contribution in [3.05, 3.63) is 59.9 Å². The van der Waals surface area contributed by atoms with E-state index in [1.54, 1.807) is 12.0 Å². The van der Waals surface area contributed by atoms with Crippen molar-refractivity contribution in [1.29, 1.82) is 0 Å². The number of hydrogen-bond acceptors (Lipinski definition) is 6. The maximum Gasteiger partial charge on any atom is 0.233 e. The average molecular weight is 466 g/mol. The molecule has 3 aromatic rings. The first-order chi connectivity index (χ1) is 16.0. The Labute approximate surface area is 199 Å². The molecule has 0 atom stereocenters. The maximum atomic E-state index is 12.8. The van der Waals surface area contributed by atoms with Crippen LogP contribution in [0.15, 0.2) is 53.7 Å². The van der Waals surface area contributed by atoms with Gasteiger partial charge in [-0.2, -0.15) is 0 Å². The Morgan fingerprint density at radius 2 is 1.67 bits per heavy atom. The summed E-state index contributed by atoms with van der Waals surface area (Å²) in [4.78, 5) is 17.0. The minimum absolute atomic E-state index is 0.0574. The van der Waals surface area contributed by atoms with E-state index in [-0.39, 0.29) is 5.91 Å². The van der Waals surface area contributed by atoms with Gasteiger partial charge in [0, 0.05) is 38.1 Å². The Morgan fingerprint density at radius 3 is 2.33 bits per heavy atom. The molecular weight excluding hydrogens is 434 g/mol. The summed E-state index contributed by atoms with van der Waals surface area (Å²) in [6.45, 7) is 4.76. The molecule has 0 aliphatic carbocycles. The van der Waals surface area contributed by atoms with Crippen LogP contribution in [0.1, 0.15) is 30.7 Å². The Balaban J connectivity index is 1.34. The summed E-state index contributed by atoms with van der Waals surface area (Å²) in [5.41, 5.74) is 3.35. The number of amides is 1. The van der Waals surface area contributed by atoms with E-state index >= 15 is 0 Å². The molecular formula is C25H31N5O2S. The molecule has 0 radical (unpaired) electrons. The number of aromatic nitrogens is 3. The number of anilines is 1. The van der Waals surface area contributed by atoms with Crippen LogP contribution in [0.3, 0.4) is 0 Å². The van der Waals surface area contributed by atoms with Crippen LogP contribution < -0.4 is 9.64 Å². The molecule has 7 nitrogen and oxygen atoms in total. The Kier molecular flexibility index (Phi) is 7.54. The first kappa shape index (κ1) is 23.2. The number of benzene rings is 2. The van der Waals surface area contributed by atoms with Crippen molar-refractivity contribution in [2.24, 2.45) is 0 Å². The van der Waals surface area contributed by atoms with Crippen molar-refractivity contribution >= 4 is 23.4 Å². The fourth-order valence-electron chi connectivity index (χ4n) is 4.03. The van der Waals surface area contributed by atoms with Crippen LogP contribution in [0.5, 0.6) is 5.75 Å². The van der Waals surface area contributed by atoms with E-state index in [2.05, 4.69) is 39.4 Å². The molecule has 1 amide bonds. The van der Waals surface area contributed by atoms with Gasteiger partial charge in [0.15, 0.2) is 5.16 Å². The van der Waals surface area contributed by atoms with Crippen LogP contribution >= 0.6 is 11.8 Å². The van der Waals surface area contributed by atoms with E-state index in [0.717, 1.165) is 35.9 Å². The maximum absolute atomic E-state index is 12.8. The number of rotatable bonds is 8. The lowest BCUT2D eigenvalue weighted by Crippen LogP contribution is -2.29. The highest BCUT2D eigenvalue weighted by atomic mass is 32.2. The zero-order chi connectivity index (χ0) is 23.2. The van der Waals surface area contributed by atoms with E-state index in [1.165, 1.54) is 36.7 Å². The molecule has 1 aliphatic rings. The fourth-order valence-corrected chi connectivity index (χ4v) is 4.97. The highest BCUT2D eigenvalue weighted by Gasteiger charge is 2.16. The predicted octanol–water partition coefficient (Wildman–Crippen LogP) is 4.33. The van der Waals surface area contributed by atoms with Gasteiger partial charge in [0.05, 0.1) is 12.9 Å². The van der Waals surface area contributed by atoms with E-state index < -0.39 is 0 Å². The molecule has 0 spiro atoms. The second-order valence-corrected chi connectivity index (χ2v) is 9.26. The van der Waals surface area contributed by atoms with Crippen molar-refractivity contribution in [3.8, 4) is 11.4 Å². The summed E-state index contributed by atoms with van der Waals surface area (Å²) in [6, 6.07) is 16.3. The van der Waals surface area contributed by atoms with E-state index in [1.807, 2.05) is 42.8 Å². The third kappa shape index (κ3) is 5.68. The van der Waals surface area contributed by atoms with Gasteiger partial charge in [-0.05, 0) is 68.1 Å². The first-order valence-corrected chi connectivity index (χ1v) is 12.3. The molecule has 33 heavy (non-hydrogen) atoms. The quantitative estimate of drug-likeness (QED) is 0.462. The van der Waals surface area contributed by atoms with Crippen molar-refractivity contribution < 1.29 is 9.53 Å². The molecule has 1 aliphatic heterocycles. The number of thioether (sulfide) groups is 1. The SMILES string of the molecule is COc1ccc(-n2c(C)nnc2SCC(=O)N(C)Cc2ccc(N3CCCCC3)cc2)cc1. The minimum Gasteiger partial charge on any atom is -0.497 e. The van der Waals surface area contributed by atoms with Gasteiger partial charge >= 0.3 is 0 Å². The first-order valence-electron chi connectivity index (χ1n) is 11.3. The van der Waals surface area contributed by atoms with Crippen molar-refractivity contribution in [2.45, 2.75) is 37.9 Å². The highest BCUT2D eigenvalue weighted by molar-refractivity contribution is 7.99. The number of piperidine rings is 1. The summed E-state index contributed by atoms with van der Waals surface area (Å²) in [5, 5.41) is 9.18. The smallest absolute Gasteiger partial charge is 0.233 e. The molecule has 1 saturated heterocycles. The van der Waals surface area contributed by atoms with Gasteiger partial charge < -0.3 is 14.5 Å². The lowest BCUT2D eigenvalue weighted by Gasteiger charge is -2.29. The monoisotopic (exact) mass is 465 g/mol. The van der Waals surface area contributed by atoms with Crippen molar-refractivity contribution in [2.75, 3.05) is 37.9 Å². The lowest BCUT2D eigenvalue weighted by atomic mass is 10.1.